The number of nitrogens with one attached hydrogen (secondary N) is 1. The van der Waals surface area contributed by atoms with Crippen LogP contribution in [-0.4, -0.2) is 29.2 Å². The fraction of sp³-hybridized carbons (Fsp3) is 0.714. The highest BCUT2D eigenvalue weighted by molar-refractivity contribution is 5.57. The second-order valence-electron chi connectivity index (χ2n) is 6.15. The lowest BCUT2D eigenvalue weighted by molar-refractivity contribution is -0.0795. The molecule has 5 heteroatoms. The summed E-state index contributed by atoms with van der Waals surface area (Å²) in [6.45, 7) is 8.62. The molecule has 19 heavy (non-hydrogen) atoms. The zero-order valence-electron chi connectivity index (χ0n) is 12.4. The van der Waals surface area contributed by atoms with Crippen molar-refractivity contribution in [3.05, 3.63) is 11.9 Å². The van der Waals surface area contributed by atoms with Crippen LogP contribution in [0.3, 0.4) is 0 Å². The van der Waals surface area contributed by atoms with Crippen LogP contribution in [0.2, 0.25) is 0 Å². The summed E-state index contributed by atoms with van der Waals surface area (Å²) in [5.41, 5.74) is 7.06. The molecule has 0 amide bonds. The number of nitrogens with two attached hydrogens (primary N) is 1. The Morgan fingerprint density at radius 2 is 2.11 bits per heavy atom. The van der Waals surface area contributed by atoms with Gasteiger partial charge in [-0.25, -0.2) is 9.97 Å². The van der Waals surface area contributed by atoms with Gasteiger partial charge in [-0.05, 0) is 12.3 Å². The Balaban J connectivity index is 2.19. The minimum Gasteiger partial charge on any atom is -0.383 e. The lowest BCUT2D eigenvalue weighted by Gasteiger charge is -2.51. The number of nitrogens with zero attached hydrogens (tertiary/aromatic N) is 2. The Morgan fingerprint density at radius 1 is 1.42 bits per heavy atom. The molecule has 2 atom stereocenters. The number of hydrogen-bond acceptors (Lipinski definition) is 5. The van der Waals surface area contributed by atoms with E-state index in [1.54, 1.807) is 7.11 Å². The third-order valence-corrected chi connectivity index (χ3v) is 4.27. The van der Waals surface area contributed by atoms with Gasteiger partial charge in [-0.15, -0.1) is 0 Å². The van der Waals surface area contributed by atoms with Gasteiger partial charge in [0.1, 0.15) is 18.0 Å². The fourth-order valence-corrected chi connectivity index (χ4v) is 2.79. The third kappa shape index (κ3) is 2.39. The molecule has 0 spiro atoms. The second kappa shape index (κ2) is 4.96. The quantitative estimate of drug-likeness (QED) is 0.873. The summed E-state index contributed by atoms with van der Waals surface area (Å²) in [6, 6.07) is 0.351. The van der Waals surface area contributed by atoms with Crippen molar-refractivity contribution >= 4 is 11.6 Å². The lowest BCUT2D eigenvalue weighted by Crippen LogP contribution is -2.57. The van der Waals surface area contributed by atoms with Gasteiger partial charge in [0.05, 0.1) is 6.10 Å². The molecule has 0 saturated heterocycles. The van der Waals surface area contributed by atoms with E-state index < -0.39 is 0 Å². The van der Waals surface area contributed by atoms with Gasteiger partial charge in [0, 0.05) is 24.1 Å². The zero-order chi connectivity index (χ0) is 14.2. The standard InChI is InChI=1S/C14H24N4O/c1-8(2)11-12(15)16-7-17-13(11)18-9-6-10(19-5)14(9,3)4/h7-10H,6H2,1-5H3,(H3,15,16,17,18). The number of aromatic nitrogens is 2. The largest absolute Gasteiger partial charge is 0.383 e. The maximum atomic E-state index is 5.96. The average Bonchev–Trinajstić information content (AvgIpc) is 2.33. The SMILES string of the molecule is COC1CC(Nc2ncnc(N)c2C(C)C)C1(C)C. The van der Waals surface area contributed by atoms with E-state index in [-0.39, 0.29) is 5.41 Å². The minimum atomic E-state index is 0.0999. The Bertz CT molecular complexity index is 459. The molecule has 1 aliphatic rings. The molecule has 0 bridgehead atoms. The molecule has 0 aromatic carbocycles. The highest BCUT2D eigenvalue weighted by atomic mass is 16.5. The number of hydrogen-bond donors (Lipinski definition) is 2. The highest BCUT2D eigenvalue weighted by Gasteiger charge is 2.48. The minimum absolute atomic E-state index is 0.0999. The van der Waals surface area contributed by atoms with Crippen molar-refractivity contribution in [1.82, 2.24) is 9.97 Å². The van der Waals surface area contributed by atoms with Crippen LogP contribution >= 0.6 is 0 Å². The maximum absolute atomic E-state index is 5.96. The molecule has 1 fully saturated rings. The van der Waals surface area contributed by atoms with Crippen molar-refractivity contribution in [1.29, 1.82) is 0 Å². The normalized spacial score (nSPS) is 25.2. The van der Waals surface area contributed by atoms with E-state index in [1.165, 1.54) is 6.33 Å². The fourth-order valence-electron chi connectivity index (χ4n) is 2.79. The maximum Gasteiger partial charge on any atom is 0.135 e. The Morgan fingerprint density at radius 3 is 2.63 bits per heavy atom. The highest BCUT2D eigenvalue weighted by Crippen LogP contribution is 2.44. The average molecular weight is 264 g/mol. The molecule has 5 nitrogen and oxygen atoms in total. The second-order valence-corrected chi connectivity index (χ2v) is 6.15. The first-order valence-electron chi connectivity index (χ1n) is 6.77. The first kappa shape index (κ1) is 14.1. The van der Waals surface area contributed by atoms with Gasteiger partial charge in [-0.2, -0.15) is 0 Å². The van der Waals surface area contributed by atoms with Crippen LogP contribution in [0.1, 0.15) is 45.6 Å². The summed E-state index contributed by atoms with van der Waals surface area (Å²) in [6.07, 6.45) is 2.81. The van der Waals surface area contributed by atoms with E-state index >= 15 is 0 Å². The summed E-state index contributed by atoms with van der Waals surface area (Å²) in [7, 11) is 1.77. The smallest absolute Gasteiger partial charge is 0.135 e. The van der Waals surface area contributed by atoms with Crippen LogP contribution < -0.4 is 11.1 Å². The van der Waals surface area contributed by atoms with E-state index in [9.17, 15) is 0 Å². The van der Waals surface area contributed by atoms with Crippen molar-refractivity contribution in [3.63, 3.8) is 0 Å². The van der Waals surface area contributed by atoms with Gasteiger partial charge >= 0.3 is 0 Å². The van der Waals surface area contributed by atoms with E-state index in [0.717, 1.165) is 17.8 Å². The van der Waals surface area contributed by atoms with Crippen LogP contribution in [-0.2, 0) is 4.74 Å². The van der Waals surface area contributed by atoms with E-state index in [1.807, 2.05) is 0 Å². The van der Waals surface area contributed by atoms with Crippen LogP contribution in [0.4, 0.5) is 11.6 Å². The number of ether oxygens (including phenoxy) is 1. The molecule has 1 aromatic heterocycles. The Hall–Kier alpha value is -1.36. The van der Waals surface area contributed by atoms with Gasteiger partial charge < -0.3 is 15.8 Å². The summed E-state index contributed by atoms with van der Waals surface area (Å²) in [4.78, 5) is 8.44. The van der Waals surface area contributed by atoms with Crippen LogP contribution in [0, 0.1) is 5.41 Å². The van der Waals surface area contributed by atoms with Crippen molar-refractivity contribution in [2.24, 2.45) is 5.41 Å². The van der Waals surface area contributed by atoms with Gasteiger partial charge in [-0.3, -0.25) is 0 Å². The molecular weight excluding hydrogens is 240 g/mol. The molecule has 1 heterocycles. The first-order chi connectivity index (χ1) is 8.87. The number of rotatable bonds is 4. The summed E-state index contributed by atoms with van der Waals surface area (Å²) >= 11 is 0. The monoisotopic (exact) mass is 264 g/mol. The number of methoxy groups -OCH3 is 1. The van der Waals surface area contributed by atoms with E-state index in [4.69, 9.17) is 10.5 Å². The van der Waals surface area contributed by atoms with Crippen LogP contribution in [0.5, 0.6) is 0 Å². The van der Waals surface area contributed by atoms with Crippen molar-refractivity contribution in [2.75, 3.05) is 18.2 Å². The molecule has 1 saturated carbocycles. The van der Waals surface area contributed by atoms with Gasteiger partial charge in [-0.1, -0.05) is 27.7 Å². The van der Waals surface area contributed by atoms with E-state index in [0.29, 0.717) is 23.9 Å². The predicted octanol–water partition coefficient (Wildman–Crippen LogP) is 2.41. The van der Waals surface area contributed by atoms with Gasteiger partial charge in [0.15, 0.2) is 0 Å². The summed E-state index contributed by atoms with van der Waals surface area (Å²) < 4.78 is 5.47. The van der Waals surface area contributed by atoms with E-state index in [2.05, 4.69) is 43.0 Å². The van der Waals surface area contributed by atoms with Crippen LogP contribution in [0.15, 0.2) is 6.33 Å². The summed E-state index contributed by atoms with van der Waals surface area (Å²) in [5.74, 6) is 1.72. The van der Waals surface area contributed by atoms with Crippen molar-refractivity contribution < 1.29 is 4.74 Å². The topological polar surface area (TPSA) is 73.1 Å². The Kier molecular flexibility index (Phi) is 3.67. The zero-order valence-corrected chi connectivity index (χ0v) is 12.4. The Labute approximate surface area is 115 Å². The first-order valence-corrected chi connectivity index (χ1v) is 6.77. The molecule has 0 radical (unpaired) electrons. The lowest BCUT2D eigenvalue weighted by atomic mass is 9.64. The number of nitrogen functional groups attached to an aromatic ring is 1. The molecule has 2 unspecified atom stereocenters. The third-order valence-electron chi connectivity index (χ3n) is 4.27. The molecule has 1 aromatic rings. The van der Waals surface area contributed by atoms with Crippen LogP contribution in [0.25, 0.3) is 0 Å². The molecule has 0 aliphatic heterocycles. The van der Waals surface area contributed by atoms with Crippen molar-refractivity contribution in [3.8, 4) is 0 Å². The molecule has 2 rings (SSSR count). The molecule has 3 N–H and O–H groups in total. The van der Waals surface area contributed by atoms with Gasteiger partial charge in [0.25, 0.3) is 0 Å². The summed E-state index contributed by atoms with van der Waals surface area (Å²) in [5, 5.41) is 3.51. The van der Waals surface area contributed by atoms with Gasteiger partial charge in [0.2, 0.25) is 0 Å². The molecule has 106 valence electrons. The molecule has 1 aliphatic carbocycles. The van der Waals surface area contributed by atoms with Crippen molar-refractivity contribution in [2.45, 2.75) is 52.2 Å². The number of anilines is 2. The predicted molar refractivity (Wildman–Crippen MR) is 77.1 cm³/mol. The molecular formula is C14H24N4O.